The van der Waals surface area contributed by atoms with Crippen molar-refractivity contribution < 1.29 is 13.2 Å². The summed E-state index contributed by atoms with van der Waals surface area (Å²) in [5.41, 5.74) is 0. The molecule has 0 spiro atoms. The zero-order chi connectivity index (χ0) is 16.0. The van der Waals surface area contributed by atoms with Gasteiger partial charge in [-0.25, -0.2) is 8.42 Å². The Balaban J connectivity index is 2.71. The van der Waals surface area contributed by atoms with Crippen molar-refractivity contribution in [3.8, 4) is 0 Å². The fourth-order valence-corrected chi connectivity index (χ4v) is 4.35. The molecule has 0 aromatic heterocycles. The van der Waals surface area contributed by atoms with Crippen molar-refractivity contribution in [3.63, 3.8) is 0 Å². The van der Waals surface area contributed by atoms with E-state index in [9.17, 15) is 13.2 Å². The van der Waals surface area contributed by atoms with Gasteiger partial charge in [-0.2, -0.15) is 0 Å². The van der Waals surface area contributed by atoms with Crippen LogP contribution in [0.25, 0.3) is 0 Å². The maximum Gasteiger partial charge on any atom is 0.224 e. The highest BCUT2D eigenvalue weighted by Crippen LogP contribution is 2.15. The molecule has 1 atom stereocenters. The monoisotopic (exact) mass is 318 g/mol. The Hall–Kier alpha value is -0.620. The first kappa shape index (κ1) is 18.4. The summed E-state index contributed by atoms with van der Waals surface area (Å²) in [4.78, 5) is 14.6. The first-order valence-corrected chi connectivity index (χ1v) is 9.84. The lowest BCUT2D eigenvalue weighted by molar-refractivity contribution is -0.134. The quantitative estimate of drug-likeness (QED) is 0.771. The maximum atomic E-state index is 12.6. The third kappa shape index (κ3) is 5.94. The smallest absolute Gasteiger partial charge is 0.224 e. The van der Waals surface area contributed by atoms with Gasteiger partial charge in [-0.15, -0.1) is 0 Å². The second-order valence-corrected chi connectivity index (χ2v) is 8.61. The van der Waals surface area contributed by atoms with Gasteiger partial charge in [-0.1, -0.05) is 27.7 Å². The minimum absolute atomic E-state index is 0.0759. The van der Waals surface area contributed by atoms with Crippen molar-refractivity contribution in [2.24, 2.45) is 5.92 Å². The molecule has 5 nitrogen and oxygen atoms in total. The molecule has 21 heavy (non-hydrogen) atoms. The molecule has 0 aromatic carbocycles. The van der Waals surface area contributed by atoms with Crippen LogP contribution in [0.1, 0.15) is 47.0 Å². The molecule has 1 aliphatic rings. The summed E-state index contributed by atoms with van der Waals surface area (Å²) in [6.07, 6.45) is 2.15. The largest absolute Gasteiger partial charge is 0.339 e. The number of amides is 1. The fraction of sp³-hybridized carbons (Fsp3) is 0.933. The topological polar surface area (TPSA) is 66.5 Å². The number of carbonyl (C=O) groups is 1. The van der Waals surface area contributed by atoms with E-state index in [4.69, 9.17) is 0 Å². The van der Waals surface area contributed by atoms with Crippen LogP contribution in [0.3, 0.4) is 0 Å². The number of carbonyl (C=O) groups excluding carboxylic acids is 1. The van der Waals surface area contributed by atoms with Crippen LogP contribution in [0, 0.1) is 5.92 Å². The van der Waals surface area contributed by atoms with Crippen molar-refractivity contribution in [3.05, 3.63) is 0 Å². The van der Waals surface area contributed by atoms with E-state index in [1.165, 1.54) is 0 Å². The number of hydrogen-bond acceptors (Lipinski definition) is 4. The van der Waals surface area contributed by atoms with Crippen LogP contribution in [0.15, 0.2) is 0 Å². The summed E-state index contributed by atoms with van der Waals surface area (Å²) >= 11 is 0. The van der Waals surface area contributed by atoms with Gasteiger partial charge in [0.2, 0.25) is 5.91 Å². The Kier molecular flexibility index (Phi) is 7.13. The normalized spacial score (nSPS) is 21.7. The lowest BCUT2D eigenvalue weighted by Crippen LogP contribution is -2.49. The van der Waals surface area contributed by atoms with Gasteiger partial charge in [0.1, 0.15) is 0 Å². The van der Waals surface area contributed by atoms with Crippen LogP contribution in [0.5, 0.6) is 0 Å². The van der Waals surface area contributed by atoms with Gasteiger partial charge in [0, 0.05) is 31.6 Å². The molecule has 124 valence electrons. The first-order chi connectivity index (χ1) is 9.79. The standard InChI is InChI=1S/C15H30N2O3S/c1-5-14(6-2)17(10-12(3)4)15(18)9-13-11-21(19,20)8-7-16-13/h12-14,16H,5-11H2,1-4H3. The zero-order valence-corrected chi connectivity index (χ0v) is 14.6. The molecule has 1 heterocycles. The van der Waals surface area contributed by atoms with Crippen LogP contribution >= 0.6 is 0 Å². The summed E-state index contributed by atoms with van der Waals surface area (Å²) in [5.74, 6) is 0.751. The zero-order valence-electron chi connectivity index (χ0n) is 13.8. The second-order valence-electron chi connectivity index (χ2n) is 6.38. The highest BCUT2D eigenvalue weighted by Gasteiger charge is 2.29. The minimum atomic E-state index is -2.99. The molecule has 0 bridgehead atoms. The summed E-state index contributed by atoms with van der Waals surface area (Å²) in [6.45, 7) is 9.59. The van der Waals surface area contributed by atoms with E-state index in [1.54, 1.807) is 0 Å². The molecular weight excluding hydrogens is 288 g/mol. The van der Waals surface area contributed by atoms with E-state index in [-0.39, 0.29) is 35.9 Å². The summed E-state index contributed by atoms with van der Waals surface area (Å²) < 4.78 is 23.3. The van der Waals surface area contributed by atoms with E-state index >= 15 is 0 Å². The predicted octanol–water partition coefficient (Wildman–Crippen LogP) is 1.44. The average molecular weight is 318 g/mol. The number of rotatable bonds is 7. The molecule has 6 heteroatoms. The van der Waals surface area contributed by atoms with Crippen molar-refractivity contribution in [2.75, 3.05) is 24.6 Å². The van der Waals surface area contributed by atoms with Crippen molar-refractivity contribution in [1.82, 2.24) is 10.2 Å². The van der Waals surface area contributed by atoms with E-state index < -0.39 is 9.84 Å². The SMILES string of the molecule is CCC(CC)N(CC(C)C)C(=O)CC1CS(=O)(=O)CCN1. The molecule has 1 N–H and O–H groups in total. The molecular formula is C15H30N2O3S. The van der Waals surface area contributed by atoms with Gasteiger partial charge in [-0.05, 0) is 18.8 Å². The van der Waals surface area contributed by atoms with Crippen molar-refractivity contribution in [1.29, 1.82) is 0 Å². The molecule has 1 amide bonds. The fourth-order valence-electron chi connectivity index (χ4n) is 2.90. The number of hydrogen-bond donors (Lipinski definition) is 1. The molecule has 0 saturated carbocycles. The highest BCUT2D eigenvalue weighted by molar-refractivity contribution is 7.91. The second kappa shape index (κ2) is 8.13. The molecule has 0 radical (unpaired) electrons. The van der Waals surface area contributed by atoms with E-state index in [0.717, 1.165) is 19.4 Å². The lowest BCUT2D eigenvalue weighted by atomic mass is 10.1. The van der Waals surface area contributed by atoms with E-state index in [0.29, 0.717) is 12.5 Å². The highest BCUT2D eigenvalue weighted by atomic mass is 32.2. The van der Waals surface area contributed by atoms with Crippen molar-refractivity contribution in [2.45, 2.75) is 59.0 Å². The minimum Gasteiger partial charge on any atom is -0.339 e. The molecule has 1 rings (SSSR count). The molecule has 0 aliphatic carbocycles. The van der Waals surface area contributed by atoms with Crippen LogP contribution in [0.4, 0.5) is 0 Å². The van der Waals surface area contributed by atoms with Crippen LogP contribution in [0.2, 0.25) is 0 Å². The molecule has 1 aliphatic heterocycles. The van der Waals surface area contributed by atoms with Gasteiger partial charge >= 0.3 is 0 Å². The Morgan fingerprint density at radius 2 is 1.90 bits per heavy atom. The van der Waals surface area contributed by atoms with Gasteiger partial charge in [0.25, 0.3) is 0 Å². The van der Waals surface area contributed by atoms with Gasteiger partial charge in [0.15, 0.2) is 9.84 Å². The third-order valence-electron chi connectivity index (χ3n) is 3.99. The van der Waals surface area contributed by atoms with Gasteiger partial charge in [0.05, 0.1) is 11.5 Å². The van der Waals surface area contributed by atoms with E-state index in [2.05, 4.69) is 33.0 Å². The third-order valence-corrected chi connectivity index (χ3v) is 5.72. The first-order valence-electron chi connectivity index (χ1n) is 8.02. The van der Waals surface area contributed by atoms with Crippen molar-refractivity contribution >= 4 is 15.7 Å². The Labute approximate surface area is 129 Å². The Morgan fingerprint density at radius 1 is 1.29 bits per heavy atom. The maximum absolute atomic E-state index is 12.6. The number of nitrogens with zero attached hydrogens (tertiary/aromatic N) is 1. The summed E-state index contributed by atoms with van der Waals surface area (Å²) in [6, 6.07) is 0.0142. The van der Waals surface area contributed by atoms with Crippen LogP contribution in [-0.2, 0) is 14.6 Å². The molecule has 0 aromatic rings. The lowest BCUT2D eigenvalue weighted by Gasteiger charge is -2.34. The number of sulfone groups is 1. The molecule has 1 saturated heterocycles. The average Bonchev–Trinajstić information content (AvgIpc) is 2.37. The summed E-state index contributed by atoms with van der Waals surface area (Å²) in [7, 11) is -2.99. The Bertz CT molecular complexity index is 430. The van der Waals surface area contributed by atoms with Crippen LogP contribution in [-0.4, -0.2) is 55.9 Å². The molecule has 1 unspecified atom stereocenters. The van der Waals surface area contributed by atoms with Crippen LogP contribution < -0.4 is 5.32 Å². The molecule has 1 fully saturated rings. The van der Waals surface area contributed by atoms with Gasteiger partial charge < -0.3 is 10.2 Å². The predicted molar refractivity (Wildman–Crippen MR) is 86.0 cm³/mol. The van der Waals surface area contributed by atoms with Gasteiger partial charge in [-0.3, -0.25) is 4.79 Å². The Morgan fingerprint density at radius 3 is 2.38 bits per heavy atom. The number of nitrogens with one attached hydrogen (secondary N) is 1. The summed E-state index contributed by atoms with van der Waals surface area (Å²) in [5, 5.41) is 3.16. The van der Waals surface area contributed by atoms with E-state index in [1.807, 2.05) is 4.90 Å².